The number of benzene rings is 2. The largest absolute Gasteiger partial charge is 0.388 e. The van der Waals surface area contributed by atoms with Crippen LogP contribution in [0.3, 0.4) is 0 Å². The molecule has 2 aromatic carbocycles. The number of aryl methyl sites for hydroxylation is 1. The van der Waals surface area contributed by atoms with Crippen molar-refractivity contribution in [2.75, 3.05) is 0 Å². The molecule has 0 atom stereocenters. The predicted octanol–water partition coefficient (Wildman–Crippen LogP) is 4.14. The van der Waals surface area contributed by atoms with Gasteiger partial charge in [-0.25, -0.2) is 0 Å². The molecule has 0 aliphatic rings. The average Bonchev–Trinajstić information content (AvgIpc) is 2.95. The van der Waals surface area contributed by atoms with E-state index >= 15 is 0 Å². The summed E-state index contributed by atoms with van der Waals surface area (Å²) in [5.41, 5.74) is 3.18. The van der Waals surface area contributed by atoms with Crippen LogP contribution >= 0.6 is 15.9 Å². The van der Waals surface area contributed by atoms with Gasteiger partial charge in [-0.3, -0.25) is 4.79 Å². The zero-order chi connectivity index (χ0) is 16.4. The van der Waals surface area contributed by atoms with Gasteiger partial charge in [0.25, 0.3) is 0 Å². The fourth-order valence-electron chi connectivity index (χ4n) is 2.53. The molecule has 4 nitrogen and oxygen atoms in total. The molecule has 1 aromatic heterocycles. The predicted molar refractivity (Wildman–Crippen MR) is 90.2 cm³/mol. The molecule has 0 aliphatic heterocycles. The first-order valence-electron chi connectivity index (χ1n) is 7.07. The molecular formula is C18H14BrNO3. The van der Waals surface area contributed by atoms with E-state index < -0.39 is 0 Å². The number of carbonyl (C=O) groups excluding carboxylic acids is 1. The van der Waals surface area contributed by atoms with Crippen molar-refractivity contribution in [1.29, 1.82) is 0 Å². The Morgan fingerprint density at radius 1 is 1.17 bits per heavy atom. The highest BCUT2D eigenvalue weighted by atomic mass is 79.9. The lowest BCUT2D eigenvalue weighted by Crippen LogP contribution is -2.04. The van der Waals surface area contributed by atoms with Gasteiger partial charge in [0.1, 0.15) is 6.61 Å². The first-order chi connectivity index (χ1) is 11.1. The number of aliphatic hydroxyl groups is 1. The second-order valence-electron chi connectivity index (χ2n) is 5.11. The molecule has 0 saturated carbocycles. The lowest BCUT2D eigenvalue weighted by atomic mass is 9.93. The lowest BCUT2D eigenvalue weighted by molar-refractivity contribution is 0.103. The Kier molecular flexibility index (Phi) is 4.41. The normalized spacial score (nSPS) is 10.7. The van der Waals surface area contributed by atoms with Gasteiger partial charge >= 0.3 is 0 Å². The van der Waals surface area contributed by atoms with Crippen LogP contribution in [0.15, 0.2) is 57.5 Å². The highest BCUT2D eigenvalue weighted by molar-refractivity contribution is 9.10. The fraction of sp³-hybridized carbons (Fsp3) is 0.111. The molecule has 0 spiro atoms. The Balaban J connectivity index is 2.13. The lowest BCUT2D eigenvalue weighted by Gasteiger charge is -2.09. The molecule has 0 saturated heterocycles. The van der Waals surface area contributed by atoms with E-state index in [1.807, 2.05) is 30.3 Å². The molecule has 23 heavy (non-hydrogen) atoms. The van der Waals surface area contributed by atoms with Crippen molar-refractivity contribution < 1.29 is 14.4 Å². The molecule has 0 amide bonds. The van der Waals surface area contributed by atoms with Gasteiger partial charge in [0.2, 0.25) is 0 Å². The molecule has 3 rings (SSSR count). The molecule has 5 heteroatoms. The van der Waals surface area contributed by atoms with Gasteiger partial charge in [0, 0.05) is 15.6 Å². The molecule has 0 aliphatic carbocycles. The second-order valence-corrected chi connectivity index (χ2v) is 6.02. The van der Waals surface area contributed by atoms with Gasteiger partial charge in [-0.1, -0.05) is 45.4 Å². The summed E-state index contributed by atoms with van der Waals surface area (Å²) in [6.45, 7) is 1.52. The van der Waals surface area contributed by atoms with Crippen LogP contribution in [-0.4, -0.2) is 16.0 Å². The topological polar surface area (TPSA) is 63.3 Å². The summed E-state index contributed by atoms with van der Waals surface area (Å²) in [5, 5.41) is 13.3. The molecule has 0 unspecified atom stereocenters. The Morgan fingerprint density at radius 3 is 2.57 bits per heavy atom. The van der Waals surface area contributed by atoms with Crippen molar-refractivity contribution in [3.05, 3.63) is 75.6 Å². The third-order valence-electron chi connectivity index (χ3n) is 3.62. The van der Waals surface area contributed by atoms with Crippen LogP contribution in [0.4, 0.5) is 0 Å². The van der Waals surface area contributed by atoms with Crippen LogP contribution in [-0.2, 0) is 6.61 Å². The van der Waals surface area contributed by atoms with E-state index in [0.29, 0.717) is 33.7 Å². The molecule has 1 N–H and O–H groups in total. The van der Waals surface area contributed by atoms with Crippen molar-refractivity contribution in [2.45, 2.75) is 13.5 Å². The van der Waals surface area contributed by atoms with Crippen LogP contribution in [0.25, 0.3) is 11.1 Å². The Morgan fingerprint density at radius 2 is 1.87 bits per heavy atom. The summed E-state index contributed by atoms with van der Waals surface area (Å²) in [6.07, 6.45) is 0. The van der Waals surface area contributed by atoms with Crippen LogP contribution in [0.2, 0.25) is 0 Å². The summed E-state index contributed by atoms with van der Waals surface area (Å²) < 4.78 is 6.05. The summed E-state index contributed by atoms with van der Waals surface area (Å²) in [4.78, 5) is 12.9. The van der Waals surface area contributed by atoms with E-state index in [4.69, 9.17) is 4.52 Å². The number of ketones is 1. The zero-order valence-electron chi connectivity index (χ0n) is 12.4. The van der Waals surface area contributed by atoms with Gasteiger partial charge in [0.05, 0.1) is 11.3 Å². The maximum absolute atomic E-state index is 12.9. The summed E-state index contributed by atoms with van der Waals surface area (Å²) in [7, 11) is 0. The van der Waals surface area contributed by atoms with Crippen LogP contribution in [0, 0.1) is 6.92 Å². The molecule has 116 valence electrons. The summed E-state index contributed by atoms with van der Waals surface area (Å²) in [5.74, 6) is 0.274. The van der Waals surface area contributed by atoms with Crippen LogP contribution in [0.1, 0.15) is 27.4 Å². The number of hydrogen-bond donors (Lipinski definition) is 1. The number of aromatic nitrogens is 1. The first-order valence-corrected chi connectivity index (χ1v) is 7.86. The molecule has 0 fully saturated rings. The summed E-state index contributed by atoms with van der Waals surface area (Å²) >= 11 is 3.37. The van der Waals surface area contributed by atoms with Crippen molar-refractivity contribution >= 4 is 21.7 Å². The van der Waals surface area contributed by atoms with Gasteiger partial charge < -0.3 is 9.63 Å². The summed E-state index contributed by atoms with van der Waals surface area (Å²) in [6, 6.07) is 14.5. The molecule has 3 aromatic rings. The van der Waals surface area contributed by atoms with Crippen LogP contribution in [0.5, 0.6) is 0 Å². The standard InChI is InChI=1S/C18H14BrNO3/c1-11-17(16(10-21)23-20-11)14-4-2-3-5-15(14)18(22)12-6-8-13(19)9-7-12/h2-9,21H,10H2,1H3. The molecule has 1 heterocycles. The van der Waals surface area contributed by atoms with Crippen LogP contribution < -0.4 is 0 Å². The van der Waals surface area contributed by atoms with E-state index in [-0.39, 0.29) is 12.4 Å². The van der Waals surface area contributed by atoms with Gasteiger partial charge in [-0.05, 0) is 36.8 Å². The Hall–Kier alpha value is -2.24. The molecular weight excluding hydrogens is 358 g/mol. The van der Waals surface area contributed by atoms with E-state index in [1.165, 1.54) is 0 Å². The maximum atomic E-state index is 12.9. The number of rotatable bonds is 4. The quantitative estimate of drug-likeness (QED) is 0.700. The zero-order valence-corrected chi connectivity index (χ0v) is 14.0. The minimum absolute atomic E-state index is 0.0856. The SMILES string of the molecule is Cc1noc(CO)c1-c1ccccc1C(=O)c1ccc(Br)cc1. The monoisotopic (exact) mass is 371 g/mol. The third kappa shape index (κ3) is 2.98. The number of nitrogens with zero attached hydrogens (tertiary/aromatic N) is 1. The van der Waals surface area contributed by atoms with E-state index in [2.05, 4.69) is 21.1 Å². The molecule has 0 bridgehead atoms. The number of hydrogen-bond acceptors (Lipinski definition) is 4. The first kappa shape index (κ1) is 15.6. The number of halogens is 1. The van der Waals surface area contributed by atoms with E-state index in [9.17, 15) is 9.90 Å². The maximum Gasteiger partial charge on any atom is 0.193 e. The van der Waals surface area contributed by atoms with Crippen molar-refractivity contribution in [1.82, 2.24) is 5.16 Å². The Bertz CT molecular complexity index is 853. The highest BCUT2D eigenvalue weighted by Crippen LogP contribution is 2.31. The number of carbonyl (C=O) groups is 1. The van der Waals surface area contributed by atoms with Gasteiger partial charge in [0.15, 0.2) is 11.5 Å². The number of aliphatic hydroxyl groups excluding tert-OH is 1. The van der Waals surface area contributed by atoms with Gasteiger partial charge in [-0.15, -0.1) is 0 Å². The highest BCUT2D eigenvalue weighted by Gasteiger charge is 2.20. The smallest absolute Gasteiger partial charge is 0.193 e. The molecule has 0 radical (unpaired) electrons. The van der Waals surface area contributed by atoms with E-state index in [0.717, 1.165) is 4.47 Å². The van der Waals surface area contributed by atoms with E-state index in [1.54, 1.807) is 25.1 Å². The van der Waals surface area contributed by atoms with Crippen molar-refractivity contribution in [2.24, 2.45) is 0 Å². The average molecular weight is 372 g/mol. The fourth-order valence-corrected chi connectivity index (χ4v) is 2.79. The third-order valence-corrected chi connectivity index (χ3v) is 4.15. The van der Waals surface area contributed by atoms with Gasteiger partial charge in [-0.2, -0.15) is 0 Å². The minimum atomic E-state index is -0.267. The van der Waals surface area contributed by atoms with Crippen molar-refractivity contribution in [3.8, 4) is 11.1 Å². The Labute approximate surface area is 141 Å². The van der Waals surface area contributed by atoms with Crippen molar-refractivity contribution in [3.63, 3.8) is 0 Å². The second kappa shape index (κ2) is 6.48. The minimum Gasteiger partial charge on any atom is -0.388 e.